The van der Waals surface area contributed by atoms with Crippen molar-refractivity contribution in [2.45, 2.75) is 12.8 Å². The third-order valence-electron chi connectivity index (χ3n) is 4.29. The van der Waals surface area contributed by atoms with Gasteiger partial charge in [0.2, 0.25) is 0 Å². The number of carbonyl (C=O) groups excluding carboxylic acids is 2. The fraction of sp³-hybridized carbons (Fsp3) is 0.250. The molecule has 4 rings (SSSR count). The zero-order valence-corrected chi connectivity index (χ0v) is 14.6. The first-order valence-electron chi connectivity index (χ1n) is 8.84. The van der Waals surface area contributed by atoms with E-state index >= 15 is 0 Å². The molecule has 1 aliphatic rings. The number of aromatic nitrogens is 2. The number of esters is 1. The number of para-hydroxylation sites is 1. The van der Waals surface area contributed by atoms with E-state index < -0.39 is 11.9 Å². The molecule has 1 N–H and O–H groups in total. The van der Waals surface area contributed by atoms with Crippen molar-refractivity contribution in [3.63, 3.8) is 0 Å². The van der Waals surface area contributed by atoms with Gasteiger partial charge < -0.3 is 14.5 Å². The number of benzene rings is 1. The highest BCUT2D eigenvalue weighted by Crippen LogP contribution is 2.28. The minimum atomic E-state index is -0.438. The lowest BCUT2D eigenvalue weighted by Crippen LogP contribution is -2.32. The summed E-state index contributed by atoms with van der Waals surface area (Å²) in [6, 6.07) is 14.5. The van der Waals surface area contributed by atoms with E-state index in [-0.39, 0.29) is 6.54 Å². The summed E-state index contributed by atoms with van der Waals surface area (Å²) in [5.41, 5.74) is 1.57. The number of rotatable bonds is 7. The summed E-state index contributed by atoms with van der Waals surface area (Å²) in [6.45, 7) is 0.251. The second kappa shape index (κ2) is 7.49. The summed E-state index contributed by atoms with van der Waals surface area (Å²) in [4.78, 5) is 24.4. The largest absolute Gasteiger partial charge is 0.464 e. The highest BCUT2D eigenvalue weighted by atomic mass is 16.5. The standard InChI is InChI=1S/C20H19N3O4/c24-19(27-13-14-8-9-14)12-21-20(25)17-11-16(18-7-4-10-26-18)22-23(17)15-5-2-1-3-6-15/h1-7,10-11,14H,8-9,12-13H2,(H,21,25). The van der Waals surface area contributed by atoms with Gasteiger partial charge in [-0.2, -0.15) is 5.10 Å². The molecule has 7 heteroatoms. The van der Waals surface area contributed by atoms with Crippen LogP contribution in [0.4, 0.5) is 0 Å². The lowest BCUT2D eigenvalue weighted by molar-refractivity contribution is -0.142. The Labute approximate surface area is 155 Å². The summed E-state index contributed by atoms with van der Waals surface area (Å²) < 4.78 is 12.1. The summed E-state index contributed by atoms with van der Waals surface area (Å²) in [7, 11) is 0. The average molecular weight is 365 g/mol. The number of carbonyl (C=O) groups is 2. The fourth-order valence-corrected chi connectivity index (χ4v) is 2.64. The van der Waals surface area contributed by atoms with Gasteiger partial charge in [0.1, 0.15) is 17.9 Å². The van der Waals surface area contributed by atoms with Crippen molar-refractivity contribution < 1.29 is 18.7 Å². The number of hydrogen-bond donors (Lipinski definition) is 1. The Morgan fingerprint density at radius 3 is 2.70 bits per heavy atom. The van der Waals surface area contributed by atoms with E-state index in [1.54, 1.807) is 24.5 Å². The monoisotopic (exact) mass is 365 g/mol. The van der Waals surface area contributed by atoms with Gasteiger partial charge in [-0.1, -0.05) is 18.2 Å². The van der Waals surface area contributed by atoms with Crippen LogP contribution in [0.15, 0.2) is 59.2 Å². The molecule has 1 aromatic carbocycles. The van der Waals surface area contributed by atoms with Gasteiger partial charge >= 0.3 is 5.97 Å². The second-order valence-electron chi connectivity index (χ2n) is 6.45. The maximum atomic E-state index is 12.7. The molecule has 1 aliphatic carbocycles. The molecule has 0 radical (unpaired) electrons. The zero-order valence-electron chi connectivity index (χ0n) is 14.6. The van der Waals surface area contributed by atoms with Crippen LogP contribution < -0.4 is 5.32 Å². The van der Waals surface area contributed by atoms with Crippen molar-refractivity contribution in [3.05, 3.63) is 60.5 Å². The van der Waals surface area contributed by atoms with Crippen LogP contribution in [0.3, 0.4) is 0 Å². The number of nitrogens with zero attached hydrogens (tertiary/aromatic N) is 2. The van der Waals surface area contributed by atoms with Crippen LogP contribution in [0.2, 0.25) is 0 Å². The lowest BCUT2D eigenvalue weighted by atomic mass is 10.2. The molecule has 1 saturated carbocycles. The Morgan fingerprint density at radius 2 is 2.00 bits per heavy atom. The van der Waals surface area contributed by atoms with Gasteiger partial charge in [0.05, 0.1) is 18.6 Å². The van der Waals surface area contributed by atoms with E-state index in [0.717, 1.165) is 18.5 Å². The van der Waals surface area contributed by atoms with Crippen LogP contribution in [0.25, 0.3) is 17.1 Å². The topological polar surface area (TPSA) is 86.4 Å². The normalized spacial score (nSPS) is 13.3. The maximum Gasteiger partial charge on any atom is 0.325 e. The van der Waals surface area contributed by atoms with Gasteiger partial charge in [-0.25, -0.2) is 4.68 Å². The van der Waals surface area contributed by atoms with Crippen LogP contribution in [0, 0.1) is 5.92 Å². The van der Waals surface area contributed by atoms with Crippen molar-refractivity contribution in [2.75, 3.05) is 13.2 Å². The molecule has 7 nitrogen and oxygen atoms in total. The molecular weight excluding hydrogens is 346 g/mol. The quantitative estimate of drug-likeness (QED) is 0.651. The molecule has 2 aromatic heterocycles. The smallest absolute Gasteiger partial charge is 0.325 e. The van der Waals surface area contributed by atoms with Crippen LogP contribution >= 0.6 is 0 Å². The van der Waals surface area contributed by atoms with Gasteiger partial charge in [-0.15, -0.1) is 0 Å². The molecule has 2 heterocycles. The fourth-order valence-electron chi connectivity index (χ4n) is 2.64. The van der Waals surface area contributed by atoms with Gasteiger partial charge in [0.25, 0.3) is 5.91 Å². The molecule has 0 aliphatic heterocycles. The molecule has 0 atom stereocenters. The molecule has 0 unspecified atom stereocenters. The molecule has 1 amide bonds. The SMILES string of the molecule is O=C(CNC(=O)c1cc(-c2ccco2)nn1-c1ccccc1)OCC1CC1. The van der Waals surface area contributed by atoms with E-state index in [1.165, 1.54) is 4.68 Å². The summed E-state index contributed by atoms with van der Waals surface area (Å²) in [6.07, 6.45) is 3.75. The van der Waals surface area contributed by atoms with E-state index in [0.29, 0.717) is 29.7 Å². The van der Waals surface area contributed by atoms with Crippen molar-refractivity contribution in [3.8, 4) is 17.1 Å². The number of amides is 1. The molecule has 0 spiro atoms. The van der Waals surface area contributed by atoms with E-state index in [1.807, 2.05) is 30.3 Å². The Bertz CT molecular complexity index is 928. The van der Waals surface area contributed by atoms with Crippen molar-refractivity contribution in [1.29, 1.82) is 0 Å². The zero-order chi connectivity index (χ0) is 18.6. The molecule has 1 fully saturated rings. The van der Waals surface area contributed by atoms with E-state index in [2.05, 4.69) is 10.4 Å². The first kappa shape index (κ1) is 17.1. The van der Waals surface area contributed by atoms with Crippen molar-refractivity contribution in [1.82, 2.24) is 15.1 Å². The molecule has 3 aromatic rings. The number of furan rings is 1. The first-order chi connectivity index (χ1) is 13.2. The highest BCUT2D eigenvalue weighted by Gasteiger charge is 2.23. The minimum Gasteiger partial charge on any atom is -0.464 e. The number of hydrogen-bond acceptors (Lipinski definition) is 5. The summed E-state index contributed by atoms with van der Waals surface area (Å²) in [5.74, 6) is 0.197. The van der Waals surface area contributed by atoms with Gasteiger partial charge in [-0.05, 0) is 43.0 Å². The van der Waals surface area contributed by atoms with Gasteiger partial charge in [0, 0.05) is 6.07 Å². The molecular formula is C20H19N3O4. The van der Waals surface area contributed by atoms with E-state index in [4.69, 9.17) is 9.15 Å². The van der Waals surface area contributed by atoms with Gasteiger partial charge in [0.15, 0.2) is 5.76 Å². The molecule has 0 saturated heterocycles. The molecule has 0 bridgehead atoms. The third-order valence-corrected chi connectivity index (χ3v) is 4.29. The third kappa shape index (κ3) is 4.08. The molecule has 138 valence electrons. The second-order valence-corrected chi connectivity index (χ2v) is 6.45. The highest BCUT2D eigenvalue weighted by molar-refractivity contribution is 5.95. The van der Waals surface area contributed by atoms with E-state index in [9.17, 15) is 9.59 Å². The van der Waals surface area contributed by atoms with Crippen LogP contribution in [0.1, 0.15) is 23.3 Å². The maximum absolute atomic E-state index is 12.7. The summed E-state index contributed by atoms with van der Waals surface area (Å²) >= 11 is 0. The lowest BCUT2D eigenvalue weighted by Gasteiger charge is -2.08. The Hall–Kier alpha value is -3.35. The molecule has 27 heavy (non-hydrogen) atoms. The predicted molar refractivity (Wildman–Crippen MR) is 97.3 cm³/mol. The Morgan fingerprint density at radius 1 is 1.19 bits per heavy atom. The van der Waals surface area contributed by atoms with Gasteiger partial charge in [-0.3, -0.25) is 9.59 Å². The Balaban J connectivity index is 1.52. The van der Waals surface area contributed by atoms with Crippen molar-refractivity contribution >= 4 is 11.9 Å². The summed E-state index contributed by atoms with van der Waals surface area (Å²) in [5, 5.41) is 7.09. The minimum absolute atomic E-state index is 0.179. The van der Waals surface area contributed by atoms with Crippen LogP contribution in [-0.4, -0.2) is 34.8 Å². The first-order valence-corrected chi connectivity index (χ1v) is 8.84. The number of ether oxygens (including phenoxy) is 1. The van der Waals surface area contributed by atoms with Crippen LogP contribution in [0.5, 0.6) is 0 Å². The average Bonchev–Trinajstić information content (AvgIpc) is 3.18. The van der Waals surface area contributed by atoms with Crippen LogP contribution in [-0.2, 0) is 9.53 Å². The predicted octanol–water partition coefficient (Wildman–Crippen LogP) is 2.82. The van der Waals surface area contributed by atoms with Crippen molar-refractivity contribution in [2.24, 2.45) is 5.92 Å². The Kier molecular flexibility index (Phi) is 4.74. The number of nitrogens with one attached hydrogen (secondary N) is 1.